The highest BCUT2D eigenvalue weighted by atomic mass is 16.3. The number of pyridine rings is 2. The van der Waals surface area contributed by atoms with Crippen LogP contribution in [-0.2, 0) is 4.79 Å². The number of nitrogens with zero attached hydrogens (tertiary/aromatic N) is 3. The predicted octanol–water partition coefficient (Wildman–Crippen LogP) is 1.98. The quantitative estimate of drug-likeness (QED) is 0.891. The fraction of sp³-hybridized carbons (Fsp3) is 0.333. The van der Waals surface area contributed by atoms with Gasteiger partial charge in [0, 0.05) is 36.7 Å². The number of piperidine rings is 1. The minimum atomic E-state index is -0.332. The van der Waals surface area contributed by atoms with Crippen molar-refractivity contribution in [2.45, 2.75) is 19.8 Å². The first-order chi connectivity index (χ1) is 12.0. The molecule has 3 rings (SSSR count). The summed E-state index contributed by atoms with van der Waals surface area (Å²) in [6.45, 7) is 2.75. The maximum Gasteiger partial charge on any atom is 0.253 e. The third kappa shape index (κ3) is 3.93. The lowest BCUT2D eigenvalue weighted by molar-refractivity contribution is -0.121. The van der Waals surface area contributed by atoms with Crippen LogP contribution in [-0.4, -0.2) is 44.9 Å². The van der Waals surface area contributed by atoms with Gasteiger partial charge in [-0.05, 0) is 44.0 Å². The number of nitrogens with one attached hydrogen (secondary N) is 1. The molecule has 0 bridgehead atoms. The van der Waals surface area contributed by atoms with E-state index in [0.29, 0.717) is 30.8 Å². The number of hydrogen-bond donors (Lipinski definition) is 2. The molecule has 2 aromatic rings. The van der Waals surface area contributed by atoms with Crippen LogP contribution in [0.15, 0.2) is 36.7 Å². The Hall–Kier alpha value is -2.96. The summed E-state index contributed by atoms with van der Waals surface area (Å²) in [5, 5.41) is 12.5. The number of carbonyl (C=O) groups excluding carboxylic acids is 2. The van der Waals surface area contributed by atoms with Crippen molar-refractivity contribution in [3.63, 3.8) is 0 Å². The van der Waals surface area contributed by atoms with E-state index in [1.165, 1.54) is 6.07 Å². The summed E-state index contributed by atoms with van der Waals surface area (Å²) in [4.78, 5) is 34.8. The summed E-state index contributed by atoms with van der Waals surface area (Å²) in [5.74, 6) is -0.583. The molecule has 2 N–H and O–H groups in total. The van der Waals surface area contributed by atoms with Gasteiger partial charge in [-0.1, -0.05) is 0 Å². The van der Waals surface area contributed by atoms with E-state index >= 15 is 0 Å². The van der Waals surface area contributed by atoms with E-state index in [1.54, 1.807) is 42.4 Å². The highest BCUT2D eigenvalue weighted by Crippen LogP contribution is 2.24. The molecule has 7 nitrogen and oxygen atoms in total. The molecule has 2 aromatic heterocycles. The maximum absolute atomic E-state index is 12.5. The normalized spacial score (nSPS) is 17.2. The molecule has 1 atom stereocenters. The van der Waals surface area contributed by atoms with Crippen LogP contribution in [0.3, 0.4) is 0 Å². The molecule has 3 heterocycles. The lowest BCUT2D eigenvalue weighted by Crippen LogP contribution is -2.43. The molecular formula is C18H20N4O3. The van der Waals surface area contributed by atoms with Gasteiger partial charge >= 0.3 is 0 Å². The van der Waals surface area contributed by atoms with Gasteiger partial charge in [-0.15, -0.1) is 0 Å². The number of hydrogen-bond acceptors (Lipinski definition) is 5. The first-order valence-corrected chi connectivity index (χ1v) is 8.21. The standard InChI is InChI=1S/C18H20N4O3/c1-12-4-5-15(23)16(20-12)21-17(24)14-3-2-10-22(11-14)18(25)13-6-8-19-9-7-13/h4-9,14,23H,2-3,10-11H2,1H3,(H,20,21,24). The van der Waals surface area contributed by atoms with Crippen molar-refractivity contribution in [3.05, 3.63) is 47.9 Å². The smallest absolute Gasteiger partial charge is 0.253 e. The predicted molar refractivity (Wildman–Crippen MR) is 92.1 cm³/mol. The molecule has 0 aromatic carbocycles. The van der Waals surface area contributed by atoms with Crippen molar-refractivity contribution in [2.75, 3.05) is 18.4 Å². The Morgan fingerprint density at radius 1 is 1.24 bits per heavy atom. The van der Waals surface area contributed by atoms with Crippen molar-refractivity contribution in [3.8, 4) is 5.75 Å². The van der Waals surface area contributed by atoms with Crippen LogP contribution in [0.25, 0.3) is 0 Å². The van der Waals surface area contributed by atoms with E-state index < -0.39 is 0 Å². The van der Waals surface area contributed by atoms with Crippen molar-refractivity contribution in [1.82, 2.24) is 14.9 Å². The number of carbonyl (C=O) groups is 2. The lowest BCUT2D eigenvalue weighted by atomic mass is 9.96. The minimum Gasteiger partial charge on any atom is -0.504 e. The van der Waals surface area contributed by atoms with Crippen LogP contribution < -0.4 is 5.32 Å². The molecule has 0 saturated carbocycles. The van der Waals surface area contributed by atoms with Gasteiger partial charge in [0.25, 0.3) is 5.91 Å². The zero-order valence-electron chi connectivity index (χ0n) is 14.0. The maximum atomic E-state index is 12.5. The molecule has 1 unspecified atom stereocenters. The van der Waals surface area contributed by atoms with Crippen molar-refractivity contribution in [2.24, 2.45) is 5.92 Å². The summed E-state index contributed by atoms with van der Waals surface area (Å²) >= 11 is 0. The van der Waals surface area contributed by atoms with E-state index in [2.05, 4.69) is 15.3 Å². The molecule has 0 spiro atoms. The third-order valence-electron chi connectivity index (χ3n) is 4.26. The Morgan fingerprint density at radius 2 is 2.00 bits per heavy atom. The zero-order chi connectivity index (χ0) is 17.8. The van der Waals surface area contributed by atoms with Crippen LogP contribution in [0, 0.1) is 12.8 Å². The Kier molecular flexibility index (Phi) is 4.92. The van der Waals surface area contributed by atoms with Crippen LogP contribution in [0.4, 0.5) is 5.82 Å². The molecule has 1 aliphatic rings. The van der Waals surface area contributed by atoms with Crippen molar-refractivity contribution < 1.29 is 14.7 Å². The van der Waals surface area contributed by atoms with E-state index in [1.807, 2.05) is 0 Å². The number of anilines is 1. The molecule has 0 radical (unpaired) electrons. The molecule has 1 aliphatic heterocycles. The summed E-state index contributed by atoms with van der Waals surface area (Å²) < 4.78 is 0. The van der Waals surface area contributed by atoms with Gasteiger partial charge in [-0.25, -0.2) is 4.98 Å². The minimum absolute atomic E-state index is 0.0699. The number of aromatic nitrogens is 2. The molecule has 130 valence electrons. The highest BCUT2D eigenvalue weighted by molar-refractivity contribution is 5.96. The summed E-state index contributed by atoms with van der Waals surface area (Å²) in [5.41, 5.74) is 1.26. The molecule has 7 heteroatoms. The van der Waals surface area contributed by atoms with Gasteiger partial charge in [0.1, 0.15) is 0 Å². The van der Waals surface area contributed by atoms with Crippen LogP contribution >= 0.6 is 0 Å². The van der Waals surface area contributed by atoms with Crippen LogP contribution in [0.1, 0.15) is 28.9 Å². The van der Waals surface area contributed by atoms with Crippen molar-refractivity contribution >= 4 is 17.6 Å². The van der Waals surface area contributed by atoms with Gasteiger partial charge in [-0.3, -0.25) is 14.6 Å². The average molecular weight is 340 g/mol. The molecule has 1 saturated heterocycles. The lowest BCUT2D eigenvalue weighted by Gasteiger charge is -2.32. The number of aromatic hydroxyl groups is 1. The monoisotopic (exact) mass is 340 g/mol. The van der Waals surface area contributed by atoms with Gasteiger partial charge in [0.05, 0.1) is 5.92 Å². The average Bonchev–Trinajstić information content (AvgIpc) is 2.65. The first-order valence-electron chi connectivity index (χ1n) is 8.21. The molecule has 0 aliphatic carbocycles. The molecular weight excluding hydrogens is 320 g/mol. The third-order valence-corrected chi connectivity index (χ3v) is 4.26. The number of aryl methyl sites for hydroxylation is 1. The highest BCUT2D eigenvalue weighted by Gasteiger charge is 2.29. The molecule has 2 amide bonds. The Bertz CT molecular complexity index is 779. The second-order valence-electron chi connectivity index (χ2n) is 6.14. The van der Waals surface area contributed by atoms with E-state index in [0.717, 1.165) is 6.42 Å². The van der Waals surface area contributed by atoms with Crippen LogP contribution in [0.5, 0.6) is 5.75 Å². The number of likely N-dealkylation sites (tertiary alicyclic amines) is 1. The topological polar surface area (TPSA) is 95.4 Å². The fourth-order valence-corrected chi connectivity index (χ4v) is 2.91. The summed E-state index contributed by atoms with van der Waals surface area (Å²) in [7, 11) is 0. The largest absolute Gasteiger partial charge is 0.504 e. The second-order valence-corrected chi connectivity index (χ2v) is 6.14. The Morgan fingerprint density at radius 3 is 2.76 bits per heavy atom. The first kappa shape index (κ1) is 16.9. The van der Waals surface area contributed by atoms with Gasteiger partial charge in [0.15, 0.2) is 11.6 Å². The SMILES string of the molecule is Cc1ccc(O)c(NC(=O)C2CCCN(C(=O)c3ccncc3)C2)n1. The van der Waals surface area contributed by atoms with E-state index in [9.17, 15) is 14.7 Å². The molecule has 25 heavy (non-hydrogen) atoms. The van der Waals surface area contributed by atoms with Crippen molar-refractivity contribution in [1.29, 1.82) is 0 Å². The van der Waals surface area contributed by atoms with E-state index in [-0.39, 0.29) is 29.3 Å². The molecule has 1 fully saturated rings. The van der Waals surface area contributed by atoms with Crippen LogP contribution in [0.2, 0.25) is 0 Å². The number of rotatable bonds is 3. The Labute approximate surface area is 145 Å². The van der Waals surface area contributed by atoms with Gasteiger partial charge < -0.3 is 15.3 Å². The Balaban J connectivity index is 1.67. The van der Waals surface area contributed by atoms with E-state index in [4.69, 9.17) is 0 Å². The van der Waals surface area contributed by atoms with Gasteiger partial charge in [0.2, 0.25) is 5.91 Å². The summed E-state index contributed by atoms with van der Waals surface area (Å²) in [6.07, 6.45) is 4.60. The second kappa shape index (κ2) is 7.29. The number of amides is 2. The summed E-state index contributed by atoms with van der Waals surface area (Å²) in [6, 6.07) is 6.50. The fourth-order valence-electron chi connectivity index (χ4n) is 2.91. The van der Waals surface area contributed by atoms with Gasteiger partial charge in [-0.2, -0.15) is 0 Å². The zero-order valence-corrected chi connectivity index (χ0v) is 14.0.